The number of fused-ring (bicyclic) bond motifs is 2. The first kappa shape index (κ1) is 16.8. The van der Waals surface area contributed by atoms with E-state index in [1.54, 1.807) is 7.05 Å². The molecule has 0 bridgehead atoms. The predicted octanol–water partition coefficient (Wildman–Crippen LogP) is 3.75. The lowest BCUT2D eigenvalue weighted by atomic mass is 9.95. The number of aromatic nitrogens is 5. The summed E-state index contributed by atoms with van der Waals surface area (Å²) in [5.41, 5.74) is 2.48. The number of nitrogens with one attached hydrogen (secondary N) is 1. The van der Waals surface area contributed by atoms with Crippen molar-refractivity contribution in [2.45, 2.75) is 25.2 Å². The molecule has 0 atom stereocenters. The lowest BCUT2D eigenvalue weighted by Crippen LogP contribution is -2.26. The minimum atomic E-state index is -2.60. The van der Waals surface area contributed by atoms with Gasteiger partial charge in [-0.05, 0) is 43.6 Å². The van der Waals surface area contributed by atoms with Crippen molar-refractivity contribution in [3.63, 3.8) is 0 Å². The van der Waals surface area contributed by atoms with E-state index < -0.39 is 6.43 Å². The van der Waals surface area contributed by atoms with Crippen LogP contribution in [0.25, 0.3) is 26.4 Å². The van der Waals surface area contributed by atoms with E-state index in [-0.39, 0.29) is 11.1 Å². The van der Waals surface area contributed by atoms with E-state index >= 15 is 0 Å². The third-order valence-corrected chi connectivity index (χ3v) is 6.11. The van der Waals surface area contributed by atoms with Crippen molar-refractivity contribution >= 4 is 27.3 Å². The van der Waals surface area contributed by atoms with Gasteiger partial charge in [0.2, 0.25) is 0 Å². The zero-order chi connectivity index (χ0) is 18.5. The molecule has 140 valence electrons. The second kappa shape index (κ2) is 6.35. The number of thiazole rings is 1. The fraction of sp³-hybridized carbons (Fsp3) is 0.389. The maximum Gasteiger partial charge on any atom is 0.266 e. The fourth-order valence-corrected chi connectivity index (χ4v) is 4.68. The monoisotopic (exact) mass is 388 g/mol. The molecule has 0 amide bonds. The van der Waals surface area contributed by atoms with Crippen LogP contribution in [-0.4, -0.2) is 37.5 Å². The SMILES string of the molecule is Cn1nc2cc(-c3cn4cc(C5CCNCC5)nc4s3)cc(C(F)F)c2n1. The molecule has 1 aliphatic heterocycles. The highest BCUT2D eigenvalue weighted by Gasteiger charge is 2.21. The van der Waals surface area contributed by atoms with Crippen LogP contribution in [-0.2, 0) is 7.05 Å². The molecule has 5 rings (SSSR count). The summed E-state index contributed by atoms with van der Waals surface area (Å²) >= 11 is 1.51. The van der Waals surface area contributed by atoms with Crippen molar-refractivity contribution in [2.75, 3.05) is 13.1 Å². The second-order valence-corrected chi connectivity index (χ2v) is 7.91. The average molecular weight is 388 g/mol. The number of hydrogen-bond donors (Lipinski definition) is 1. The molecule has 0 spiro atoms. The van der Waals surface area contributed by atoms with Gasteiger partial charge in [0.05, 0.1) is 10.6 Å². The summed E-state index contributed by atoms with van der Waals surface area (Å²) in [6.07, 6.45) is 3.63. The summed E-state index contributed by atoms with van der Waals surface area (Å²) in [6.45, 7) is 2.05. The summed E-state index contributed by atoms with van der Waals surface area (Å²) in [4.78, 5) is 7.88. The molecule has 1 fully saturated rings. The minimum absolute atomic E-state index is 0.0861. The molecule has 0 radical (unpaired) electrons. The van der Waals surface area contributed by atoms with Gasteiger partial charge in [-0.15, -0.1) is 0 Å². The third-order valence-electron chi connectivity index (χ3n) is 5.07. The van der Waals surface area contributed by atoms with Gasteiger partial charge in [-0.3, -0.25) is 4.40 Å². The maximum absolute atomic E-state index is 13.5. The number of imidazole rings is 1. The molecule has 3 aromatic heterocycles. The molecule has 27 heavy (non-hydrogen) atoms. The van der Waals surface area contributed by atoms with E-state index in [2.05, 4.69) is 21.7 Å². The Kier molecular flexibility index (Phi) is 3.94. The molecule has 0 aliphatic carbocycles. The molecule has 9 heteroatoms. The summed E-state index contributed by atoms with van der Waals surface area (Å²) in [5.74, 6) is 0.489. The number of piperidine rings is 1. The molecule has 1 aromatic carbocycles. The lowest BCUT2D eigenvalue weighted by molar-refractivity contribution is 0.153. The molecular formula is C18H18F2N6S. The van der Waals surface area contributed by atoms with Crippen molar-refractivity contribution in [1.29, 1.82) is 0 Å². The second-order valence-electron chi connectivity index (χ2n) is 6.90. The number of hydrogen-bond acceptors (Lipinski definition) is 5. The Morgan fingerprint density at radius 3 is 2.74 bits per heavy atom. The number of alkyl halides is 2. The highest BCUT2D eigenvalue weighted by atomic mass is 32.1. The van der Waals surface area contributed by atoms with Crippen LogP contribution in [0.5, 0.6) is 0 Å². The van der Waals surface area contributed by atoms with E-state index in [1.165, 1.54) is 22.2 Å². The standard InChI is InChI=1S/C18H18F2N6S/c1-25-23-13-7-11(6-12(17(19)20)16(13)24-25)15-9-26-8-14(22-18(26)27-15)10-2-4-21-5-3-10/h6-10,17,21H,2-5H2,1H3. The van der Waals surface area contributed by atoms with E-state index in [4.69, 9.17) is 4.98 Å². The smallest absolute Gasteiger partial charge is 0.266 e. The Morgan fingerprint density at radius 2 is 2.00 bits per heavy atom. The number of aryl methyl sites for hydroxylation is 1. The van der Waals surface area contributed by atoms with Crippen LogP contribution in [0.4, 0.5) is 8.78 Å². The van der Waals surface area contributed by atoms with Crippen molar-refractivity contribution < 1.29 is 8.78 Å². The average Bonchev–Trinajstić information content (AvgIpc) is 3.32. The molecule has 0 unspecified atom stereocenters. The van der Waals surface area contributed by atoms with Crippen LogP contribution in [0.1, 0.15) is 36.4 Å². The number of nitrogens with zero attached hydrogens (tertiary/aromatic N) is 5. The molecule has 1 aliphatic rings. The van der Waals surface area contributed by atoms with Gasteiger partial charge in [0.25, 0.3) is 6.43 Å². The first-order chi connectivity index (χ1) is 13.1. The Morgan fingerprint density at radius 1 is 1.19 bits per heavy atom. The Labute approximate surface area is 157 Å². The van der Waals surface area contributed by atoms with Gasteiger partial charge in [-0.1, -0.05) is 11.3 Å². The first-order valence-electron chi connectivity index (χ1n) is 8.91. The van der Waals surface area contributed by atoms with E-state index in [9.17, 15) is 8.78 Å². The quantitative estimate of drug-likeness (QED) is 0.581. The van der Waals surface area contributed by atoms with Gasteiger partial charge >= 0.3 is 0 Å². The Balaban J connectivity index is 1.55. The molecule has 1 N–H and O–H groups in total. The normalized spacial score (nSPS) is 16.1. The van der Waals surface area contributed by atoms with Crippen molar-refractivity contribution in [2.24, 2.45) is 7.05 Å². The van der Waals surface area contributed by atoms with Gasteiger partial charge in [-0.2, -0.15) is 15.0 Å². The molecule has 4 aromatic rings. The molecule has 6 nitrogen and oxygen atoms in total. The predicted molar refractivity (Wildman–Crippen MR) is 100 cm³/mol. The number of benzene rings is 1. The summed E-state index contributed by atoms with van der Waals surface area (Å²) in [5, 5.41) is 11.6. The number of halogens is 2. The van der Waals surface area contributed by atoms with E-state index in [1.807, 2.05) is 16.7 Å². The third kappa shape index (κ3) is 2.90. The zero-order valence-electron chi connectivity index (χ0n) is 14.7. The largest absolute Gasteiger partial charge is 0.317 e. The van der Waals surface area contributed by atoms with Crippen LogP contribution in [0.15, 0.2) is 24.5 Å². The Bertz CT molecular complexity index is 1090. The number of rotatable bonds is 3. The van der Waals surface area contributed by atoms with Gasteiger partial charge in [0.15, 0.2) is 4.96 Å². The highest BCUT2D eigenvalue weighted by Crippen LogP contribution is 2.36. The van der Waals surface area contributed by atoms with Gasteiger partial charge < -0.3 is 5.32 Å². The molecule has 0 saturated carbocycles. The summed E-state index contributed by atoms with van der Waals surface area (Å²) in [7, 11) is 1.64. The summed E-state index contributed by atoms with van der Waals surface area (Å²) in [6, 6.07) is 3.33. The highest BCUT2D eigenvalue weighted by molar-refractivity contribution is 7.20. The minimum Gasteiger partial charge on any atom is -0.317 e. The molecular weight excluding hydrogens is 370 g/mol. The Hall–Kier alpha value is -2.39. The lowest BCUT2D eigenvalue weighted by Gasteiger charge is -2.20. The van der Waals surface area contributed by atoms with Crippen molar-refractivity contribution in [3.8, 4) is 10.4 Å². The van der Waals surface area contributed by atoms with Crippen LogP contribution < -0.4 is 5.32 Å². The fourth-order valence-electron chi connectivity index (χ4n) is 3.72. The van der Waals surface area contributed by atoms with Crippen LogP contribution >= 0.6 is 11.3 Å². The molecule has 4 heterocycles. The zero-order valence-corrected chi connectivity index (χ0v) is 15.5. The topological polar surface area (TPSA) is 60.0 Å². The van der Waals surface area contributed by atoms with Gasteiger partial charge in [0.1, 0.15) is 11.0 Å². The van der Waals surface area contributed by atoms with Crippen molar-refractivity contribution in [3.05, 3.63) is 35.8 Å². The van der Waals surface area contributed by atoms with E-state index in [0.29, 0.717) is 11.4 Å². The van der Waals surface area contributed by atoms with E-state index in [0.717, 1.165) is 47.0 Å². The van der Waals surface area contributed by atoms with Gasteiger partial charge in [0, 0.05) is 30.9 Å². The van der Waals surface area contributed by atoms with Crippen molar-refractivity contribution in [1.82, 2.24) is 29.7 Å². The first-order valence-corrected chi connectivity index (χ1v) is 9.73. The summed E-state index contributed by atoms with van der Waals surface area (Å²) < 4.78 is 29.0. The maximum atomic E-state index is 13.5. The van der Waals surface area contributed by atoms with Crippen LogP contribution in [0, 0.1) is 0 Å². The molecule has 1 saturated heterocycles. The van der Waals surface area contributed by atoms with Gasteiger partial charge in [-0.25, -0.2) is 13.8 Å². The van der Waals surface area contributed by atoms with Crippen LogP contribution in [0.3, 0.4) is 0 Å². The van der Waals surface area contributed by atoms with Crippen LogP contribution in [0.2, 0.25) is 0 Å².